The van der Waals surface area contributed by atoms with Crippen molar-refractivity contribution in [2.24, 2.45) is 0 Å². The van der Waals surface area contributed by atoms with Gasteiger partial charge in [0.1, 0.15) is 6.54 Å². The molecule has 0 N–H and O–H groups in total. The highest BCUT2D eigenvalue weighted by molar-refractivity contribution is 6.32. The Labute approximate surface area is 169 Å². The van der Waals surface area contributed by atoms with E-state index in [1.165, 1.54) is 6.08 Å². The zero-order valence-electron chi connectivity index (χ0n) is 16.1. The van der Waals surface area contributed by atoms with Gasteiger partial charge in [0, 0.05) is 22.7 Å². The molecule has 0 saturated heterocycles. The molecule has 0 radical (unpaired) electrons. The third-order valence-corrected chi connectivity index (χ3v) is 4.61. The Balaban J connectivity index is 1.75. The monoisotopic (exact) mass is 395 g/mol. The maximum absolute atomic E-state index is 12.7. The fourth-order valence-electron chi connectivity index (χ4n) is 2.75. The van der Waals surface area contributed by atoms with Gasteiger partial charge in [0.15, 0.2) is 0 Å². The van der Waals surface area contributed by atoms with Crippen LogP contribution in [0.1, 0.15) is 30.9 Å². The number of aryl methyl sites for hydroxylation is 1. The Morgan fingerprint density at radius 2 is 2.00 bits per heavy atom. The van der Waals surface area contributed by atoms with Gasteiger partial charge in [0.05, 0.1) is 0 Å². The summed E-state index contributed by atoms with van der Waals surface area (Å²) in [4.78, 5) is 18.8. The number of carbonyl (C=O) groups excluding carboxylic acids is 1. The highest BCUT2D eigenvalue weighted by atomic mass is 35.5. The van der Waals surface area contributed by atoms with Crippen molar-refractivity contribution in [3.63, 3.8) is 0 Å². The Kier molecular flexibility index (Phi) is 6.26. The van der Waals surface area contributed by atoms with Crippen LogP contribution in [0.2, 0.25) is 5.02 Å². The molecular formula is C22H22ClN3O2. The predicted octanol–water partition coefficient (Wildman–Crippen LogP) is 5.15. The Morgan fingerprint density at radius 1 is 1.21 bits per heavy atom. The molecule has 0 saturated carbocycles. The summed E-state index contributed by atoms with van der Waals surface area (Å²) in [6, 6.07) is 15.2. The summed E-state index contributed by atoms with van der Waals surface area (Å²) in [7, 11) is 0. The quantitative estimate of drug-likeness (QED) is 0.541. The van der Waals surface area contributed by atoms with Gasteiger partial charge in [0.25, 0.3) is 0 Å². The Hall–Kier alpha value is -2.92. The second kappa shape index (κ2) is 8.85. The molecule has 0 spiro atoms. The maximum Gasteiger partial charge on any atom is 0.247 e. The molecule has 0 unspecified atom stereocenters. The molecule has 0 aliphatic heterocycles. The lowest BCUT2D eigenvalue weighted by atomic mass is 10.1. The molecule has 1 heterocycles. The standard InChI is InChI=1S/C22H22ClN3O2/c1-15(2)26(21(27)12-11-17-8-4-5-10-19(17)23)14-20-24-22(25-28-20)18-9-6-7-16(3)13-18/h4-13,15H,14H2,1-3H3/b12-11+. The van der Waals surface area contributed by atoms with Gasteiger partial charge in [0.2, 0.25) is 17.6 Å². The van der Waals surface area contributed by atoms with Gasteiger partial charge in [-0.25, -0.2) is 0 Å². The lowest BCUT2D eigenvalue weighted by Gasteiger charge is -2.23. The number of benzene rings is 2. The largest absolute Gasteiger partial charge is 0.337 e. The summed E-state index contributed by atoms with van der Waals surface area (Å²) < 4.78 is 5.37. The van der Waals surface area contributed by atoms with E-state index in [0.717, 1.165) is 16.7 Å². The van der Waals surface area contributed by atoms with Crippen LogP contribution in [0.15, 0.2) is 59.1 Å². The normalized spacial score (nSPS) is 11.3. The molecule has 144 valence electrons. The van der Waals surface area contributed by atoms with Crippen LogP contribution in [0.25, 0.3) is 17.5 Å². The van der Waals surface area contributed by atoms with E-state index in [9.17, 15) is 4.79 Å². The third kappa shape index (κ3) is 4.87. The van der Waals surface area contributed by atoms with Crippen molar-refractivity contribution in [2.45, 2.75) is 33.4 Å². The van der Waals surface area contributed by atoms with Crippen LogP contribution in [-0.4, -0.2) is 27.0 Å². The van der Waals surface area contributed by atoms with E-state index in [1.807, 2.05) is 63.2 Å². The fourth-order valence-corrected chi connectivity index (χ4v) is 2.95. The minimum atomic E-state index is -0.148. The first-order valence-electron chi connectivity index (χ1n) is 9.07. The van der Waals surface area contributed by atoms with E-state index in [4.69, 9.17) is 16.1 Å². The summed E-state index contributed by atoms with van der Waals surface area (Å²) in [5, 5.41) is 4.64. The molecule has 3 aromatic rings. The Bertz CT molecular complexity index is 995. The predicted molar refractivity (Wildman–Crippen MR) is 111 cm³/mol. The summed E-state index contributed by atoms with van der Waals surface area (Å²) in [5.74, 6) is 0.761. The molecule has 0 fully saturated rings. The number of nitrogens with zero attached hydrogens (tertiary/aromatic N) is 3. The van der Waals surface area contributed by atoms with Crippen LogP contribution in [-0.2, 0) is 11.3 Å². The molecule has 0 bridgehead atoms. The van der Waals surface area contributed by atoms with Crippen LogP contribution in [0.5, 0.6) is 0 Å². The number of rotatable bonds is 6. The SMILES string of the molecule is Cc1cccc(-c2noc(CN(C(=O)/C=C/c3ccccc3Cl)C(C)C)n2)c1. The number of carbonyl (C=O) groups is 1. The van der Waals surface area contributed by atoms with Crippen molar-refractivity contribution >= 4 is 23.6 Å². The Morgan fingerprint density at radius 3 is 2.71 bits per heavy atom. The van der Waals surface area contributed by atoms with Gasteiger partial charge in [-0.3, -0.25) is 4.79 Å². The van der Waals surface area contributed by atoms with Gasteiger partial charge in [-0.1, -0.05) is 58.7 Å². The smallest absolute Gasteiger partial charge is 0.247 e. The van der Waals surface area contributed by atoms with Gasteiger partial charge in [-0.15, -0.1) is 0 Å². The highest BCUT2D eigenvalue weighted by Crippen LogP contribution is 2.19. The number of aromatic nitrogens is 2. The molecule has 0 aliphatic rings. The lowest BCUT2D eigenvalue weighted by Crippen LogP contribution is -2.35. The van der Waals surface area contributed by atoms with E-state index < -0.39 is 0 Å². The first kappa shape index (κ1) is 19.8. The summed E-state index contributed by atoms with van der Waals surface area (Å²) >= 11 is 6.14. The molecule has 2 aromatic carbocycles. The third-order valence-electron chi connectivity index (χ3n) is 4.27. The zero-order chi connectivity index (χ0) is 20.1. The molecule has 0 atom stereocenters. The number of amides is 1. The summed E-state index contributed by atoms with van der Waals surface area (Å²) in [5.41, 5.74) is 2.80. The molecule has 1 aromatic heterocycles. The molecule has 5 nitrogen and oxygen atoms in total. The highest BCUT2D eigenvalue weighted by Gasteiger charge is 2.19. The topological polar surface area (TPSA) is 59.2 Å². The summed E-state index contributed by atoms with van der Waals surface area (Å²) in [6.45, 7) is 6.13. The summed E-state index contributed by atoms with van der Waals surface area (Å²) in [6.07, 6.45) is 3.23. The fraction of sp³-hybridized carbons (Fsp3) is 0.227. The maximum atomic E-state index is 12.7. The van der Waals surface area contributed by atoms with Crippen LogP contribution in [0.4, 0.5) is 0 Å². The van der Waals surface area contributed by atoms with Gasteiger partial charge in [-0.2, -0.15) is 4.98 Å². The van der Waals surface area contributed by atoms with Crippen molar-refractivity contribution in [2.75, 3.05) is 0 Å². The van der Waals surface area contributed by atoms with E-state index >= 15 is 0 Å². The first-order valence-corrected chi connectivity index (χ1v) is 9.44. The second-order valence-corrected chi connectivity index (χ2v) is 7.20. The molecule has 1 amide bonds. The average Bonchev–Trinajstić information content (AvgIpc) is 3.14. The minimum Gasteiger partial charge on any atom is -0.337 e. The van der Waals surface area contributed by atoms with Crippen molar-refractivity contribution in [1.29, 1.82) is 0 Å². The number of hydrogen-bond acceptors (Lipinski definition) is 4. The van der Waals surface area contributed by atoms with E-state index in [1.54, 1.807) is 17.0 Å². The van der Waals surface area contributed by atoms with E-state index in [-0.39, 0.29) is 18.5 Å². The van der Waals surface area contributed by atoms with E-state index in [2.05, 4.69) is 10.1 Å². The molecular weight excluding hydrogens is 374 g/mol. The molecule has 28 heavy (non-hydrogen) atoms. The van der Waals surface area contributed by atoms with Crippen LogP contribution < -0.4 is 0 Å². The first-order chi connectivity index (χ1) is 13.4. The van der Waals surface area contributed by atoms with Crippen LogP contribution >= 0.6 is 11.6 Å². The van der Waals surface area contributed by atoms with Crippen molar-refractivity contribution in [1.82, 2.24) is 15.0 Å². The van der Waals surface area contributed by atoms with Crippen molar-refractivity contribution in [3.05, 3.63) is 76.6 Å². The second-order valence-electron chi connectivity index (χ2n) is 6.80. The lowest BCUT2D eigenvalue weighted by molar-refractivity contribution is -0.128. The number of halogens is 1. The van der Waals surface area contributed by atoms with Gasteiger partial charge >= 0.3 is 0 Å². The van der Waals surface area contributed by atoms with Crippen molar-refractivity contribution in [3.8, 4) is 11.4 Å². The molecule has 3 rings (SSSR count). The number of hydrogen-bond donors (Lipinski definition) is 0. The van der Waals surface area contributed by atoms with Gasteiger partial charge < -0.3 is 9.42 Å². The average molecular weight is 396 g/mol. The molecule has 0 aliphatic carbocycles. The van der Waals surface area contributed by atoms with Gasteiger partial charge in [-0.05, 0) is 44.5 Å². The van der Waals surface area contributed by atoms with Crippen molar-refractivity contribution < 1.29 is 9.32 Å². The van der Waals surface area contributed by atoms with Crippen LogP contribution in [0.3, 0.4) is 0 Å². The zero-order valence-corrected chi connectivity index (χ0v) is 16.8. The van der Waals surface area contributed by atoms with Crippen LogP contribution in [0, 0.1) is 6.92 Å². The minimum absolute atomic E-state index is 0.0299. The molecule has 6 heteroatoms. The van der Waals surface area contributed by atoms with E-state index in [0.29, 0.717) is 16.7 Å².